The highest BCUT2D eigenvalue weighted by atomic mass is 16.3. The van der Waals surface area contributed by atoms with Gasteiger partial charge in [-0.3, -0.25) is 0 Å². The Bertz CT molecular complexity index is 385. The number of allylic oxidation sites excluding steroid dienone is 2. The van der Waals surface area contributed by atoms with Crippen LogP contribution in [0.5, 0.6) is 0 Å². The molecule has 0 radical (unpaired) electrons. The zero-order chi connectivity index (χ0) is 13.8. The average molecular weight is 264 g/mol. The van der Waals surface area contributed by atoms with Crippen molar-refractivity contribution in [3.63, 3.8) is 0 Å². The van der Waals surface area contributed by atoms with Crippen LogP contribution in [0.4, 0.5) is 0 Å². The van der Waals surface area contributed by atoms with Crippen molar-refractivity contribution < 1.29 is 10.2 Å². The van der Waals surface area contributed by atoms with Crippen LogP contribution < -0.4 is 0 Å². The van der Waals surface area contributed by atoms with Gasteiger partial charge in [0.1, 0.15) is 0 Å². The Kier molecular flexibility index (Phi) is 3.20. The van der Waals surface area contributed by atoms with Crippen molar-refractivity contribution in [2.75, 3.05) is 0 Å². The normalized spacial score (nSPS) is 48.9. The molecule has 0 aromatic rings. The second-order valence-corrected chi connectivity index (χ2v) is 7.77. The van der Waals surface area contributed by atoms with Crippen molar-refractivity contribution in [2.45, 2.75) is 59.0 Å². The molecular formula is C17H28O2. The molecule has 19 heavy (non-hydrogen) atoms. The first-order valence-electron chi connectivity index (χ1n) is 8.00. The second-order valence-electron chi connectivity index (χ2n) is 7.77. The highest BCUT2D eigenvalue weighted by molar-refractivity contribution is 5.15. The van der Waals surface area contributed by atoms with Crippen molar-refractivity contribution in [1.82, 2.24) is 0 Å². The highest BCUT2D eigenvalue weighted by Crippen LogP contribution is 2.57. The van der Waals surface area contributed by atoms with E-state index in [1.54, 1.807) is 0 Å². The van der Waals surface area contributed by atoms with E-state index >= 15 is 0 Å². The van der Waals surface area contributed by atoms with Gasteiger partial charge in [0.25, 0.3) is 0 Å². The Morgan fingerprint density at radius 2 is 1.74 bits per heavy atom. The Balaban J connectivity index is 1.87. The Labute approximate surface area is 116 Å². The van der Waals surface area contributed by atoms with Crippen LogP contribution in [0.15, 0.2) is 11.8 Å². The molecular weight excluding hydrogens is 236 g/mol. The number of hydrogen-bond donors (Lipinski definition) is 2. The molecule has 3 aliphatic rings. The van der Waals surface area contributed by atoms with Gasteiger partial charge in [0, 0.05) is 5.41 Å². The average Bonchev–Trinajstić information content (AvgIpc) is 2.38. The molecule has 0 heterocycles. The lowest BCUT2D eigenvalue weighted by molar-refractivity contribution is -0.0867. The van der Waals surface area contributed by atoms with Gasteiger partial charge in [-0.2, -0.15) is 0 Å². The Hall–Kier alpha value is -0.500. The van der Waals surface area contributed by atoms with E-state index < -0.39 is 0 Å². The van der Waals surface area contributed by atoms with E-state index in [4.69, 9.17) is 0 Å². The standard InChI is InChI=1S/C17H28O2/c1-10-4-5-11-12-7-9-15(18)17(2,3)14(12)8-6-13(11)16(10)19/h9-14,16,18-19H,4-8H2,1-3H3. The van der Waals surface area contributed by atoms with Crippen LogP contribution in [0, 0.1) is 35.0 Å². The van der Waals surface area contributed by atoms with Gasteiger partial charge in [-0.05, 0) is 67.8 Å². The zero-order valence-corrected chi connectivity index (χ0v) is 12.5. The number of rotatable bonds is 0. The van der Waals surface area contributed by atoms with Gasteiger partial charge in [-0.1, -0.05) is 20.8 Å². The molecule has 108 valence electrons. The van der Waals surface area contributed by atoms with Crippen LogP contribution in [0.25, 0.3) is 0 Å². The fraction of sp³-hybridized carbons (Fsp3) is 0.882. The first-order valence-corrected chi connectivity index (χ1v) is 8.00. The molecule has 3 rings (SSSR count). The first-order chi connectivity index (χ1) is 8.93. The van der Waals surface area contributed by atoms with Crippen LogP contribution >= 0.6 is 0 Å². The number of fused-ring (bicyclic) bond motifs is 3. The molecule has 0 spiro atoms. The molecule has 6 unspecified atom stereocenters. The van der Waals surface area contributed by atoms with Crippen molar-refractivity contribution in [3.05, 3.63) is 11.8 Å². The van der Waals surface area contributed by atoms with E-state index in [0.717, 1.165) is 12.8 Å². The van der Waals surface area contributed by atoms with Gasteiger partial charge in [0.2, 0.25) is 0 Å². The molecule has 0 bridgehead atoms. The topological polar surface area (TPSA) is 40.5 Å². The predicted octanol–water partition coefficient (Wildman–Crippen LogP) is 3.91. The third-order valence-electron chi connectivity index (χ3n) is 6.58. The lowest BCUT2D eigenvalue weighted by atomic mass is 9.51. The fourth-order valence-electron chi connectivity index (χ4n) is 5.25. The van der Waals surface area contributed by atoms with Crippen LogP contribution in [-0.4, -0.2) is 16.3 Å². The number of aliphatic hydroxyl groups is 2. The lowest BCUT2D eigenvalue weighted by Gasteiger charge is -2.54. The lowest BCUT2D eigenvalue weighted by Crippen LogP contribution is -2.50. The van der Waals surface area contributed by atoms with Gasteiger partial charge >= 0.3 is 0 Å². The quantitative estimate of drug-likeness (QED) is 0.696. The summed E-state index contributed by atoms with van der Waals surface area (Å²) in [6.45, 7) is 6.58. The molecule has 0 saturated heterocycles. The minimum absolute atomic E-state index is 0.0676. The molecule has 2 saturated carbocycles. The van der Waals surface area contributed by atoms with Crippen molar-refractivity contribution in [1.29, 1.82) is 0 Å². The zero-order valence-electron chi connectivity index (χ0n) is 12.5. The van der Waals surface area contributed by atoms with Crippen molar-refractivity contribution >= 4 is 0 Å². The smallest absolute Gasteiger partial charge is 0.0941 e. The maximum Gasteiger partial charge on any atom is 0.0941 e. The molecule has 2 nitrogen and oxygen atoms in total. The van der Waals surface area contributed by atoms with E-state index in [2.05, 4.69) is 20.8 Å². The van der Waals surface area contributed by atoms with Crippen molar-refractivity contribution in [2.24, 2.45) is 35.0 Å². The Morgan fingerprint density at radius 3 is 2.47 bits per heavy atom. The van der Waals surface area contributed by atoms with Gasteiger partial charge < -0.3 is 10.2 Å². The molecule has 0 amide bonds. The van der Waals surface area contributed by atoms with Crippen LogP contribution in [0.2, 0.25) is 0 Å². The van der Waals surface area contributed by atoms with Crippen LogP contribution in [-0.2, 0) is 0 Å². The van der Waals surface area contributed by atoms with E-state index in [-0.39, 0.29) is 11.5 Å². The van der Waals surface area contributed by atoms with E-state index in [1.807, 2.05) is 6.08 Å². The summed E-state index contributed by atoms with van der Waals surface area (Å²) >= 11 is 0. The number of aliphatic hydroxyl groups excluding tert-OH is 2. The SMILES string of the molecule is CC1CCC2C(CCC3C2CC=C(O)C3(C)C)C1O. The third-order valence-corrected chi connectivity index (χ3v) is 6.58. The maximum absolute atomic E-state index is 10.5. The fourth-order valence-corrected chi connectivity index (χ4v) is 5.25. The predicted molar refractivity (Wildman–Crippen MR) is 76.7 cm³/mol. The second kappa shape index (κ2) is 4.51. The molecule has 3 aliphatic carbocycles. The van der Waals surface area contributed by atoms with Gasteiger partial charge in [0.05, 0.1) is 11.9 Å². The highest BCUT2D eigenvalue weighted by Gasteiger charge is 2.51. The summed E-state index contributed by atoms with van der Waals surface area (Å²) in [5, 5.41) is 20.7. The summed E-state index contributed by atoms with van der Waals surface area (Å²) in [5.74, 6) is 3.52. The molecule has 2 heteroatoms. The summed E-state index contributed by atoms with van der Waals surface area (Å²) in [6.07, 6.45) is 7.73. The van der Waals surface area contributed by atoms with Crippen LogP contribution in [0.1, 0.15) is 52.9 Å². The summed E-state index contributed by atoms with van der Waals surface area (Å²) in [7, 11) is 0. The molecule has 0 aromatic carbocycles. The van der Waals surface area contributed by atoms with E-state index in [1.165, 1.54) is 19.3 Å². The van der Waals surface area contributed by atoms with Gasteiger partial charge in [-0.25, -0.2) is 0 Å². The van der Waals surface area contributed by atoms with Crippen molar-refractivity contribution in [3.8, 4) is 0 Å². The third kappa shape index (κ3) is 1.94. The minimum atomic E-state index is -0.0951. The Morgan fingerprint density at radius 1 is 1.05 bits per heavy atom. The van der Waals surface area contributed by atoms with Gasteiger partial charge in [0.15, 0.2) is 0 Å². The van der Waals surface area contributed by atoms with E-state index in [0.29, 0.717) is 35.3 Å². The molecule has 2 N–H and O–H groups in total. The molecule has 0 aromatic heterocycles. The summed E-state index contributed by atoms with van der Waals surface area (Å²) in [4.78, 5) is 0. The summed E-state index contributed by atoms with van der Waals surface area (Å²) < 4.78 is 0. The summed E-state index contributed by atoms with van der Waals surface area (Å²) in [5.41, 5.74) is -0.0676. The van der Waals surface area contributed by atoms with Crippen LogP contribution in [0.3, 0.4) is 0 Å². The monoisotopic (exact) mass is 264 g/mol. The maximum atomic E-state index is 10.5. The van der Waals surface area contributed by atoms with Gasteiger partial charge in [-0.15, -0.1) is 0 Å². The number of hydrogen-bond acceptors (Lipinski definition) is 2. The van der Waals surface area contributed by atoms with E-state index in [9.17, 15) is 10.2 Å². The minimum Gasteiger partial charge on any atom is -0.512 e. The largest absolute Gasteiger partial charge is 0.512 e. The first kappa shape index (κ1) is 13.5. The molecule has 6 atom stereocenters. The molecule has 2 fully saturated rings. The molecule has 0 aliphatic heterocycles. The summed E-state index contributed by atoms with van der Waals surface area (Å²) in [6, 6.07) is 0.